The summed E-state index contributed by atoms with van der Waals surface area (Å²) in [7, 11) is 3.29. The normalized spacial score (nSPS) is 12.3. The molecule has 0 bridgehead atoms. The van der Waals surface area contributed by atoms with Crippen molar-refractivity contribution in [2.24, 2.45) is 0 Å². The average molecular weight is 696 g/mol. The maximum absolute atomic E-state index is 5.64. The second-order valence-corrected chi connectivity index (χ2v) is 11.8. The minimum atomic E-state index is -0.605. The van der Waals surface area contributed by atoms with E-state index in [1.54, 1.807) is 23.6 Å². The maximum Gasteiger partial charge on any atom is 2.00 e. The van der Waals surface area contributed by atoms with Crippen LogP contribution in [0, 0.1) is 12.4 Å². The predicted octanol–water partition coefficient (Wildman–Crippen LogP) is 5.38. The van der Waals surface area contributed by atoms with Gasteiger partial charge in [-0.2, -0.15) is 0 Å². The van der Waals surface area contributed by atoms with Gasteiger partial charge in [0.1, 0.15) is 11.5 Å². The second-order valence-electron chi connectivity index (χ2n) is 11.8. The first kappa shape index (κ1) is 29.6. The zero-order chi connectivity index (χ0) is 27.2. The van der Waals surface area contributed by atoms with Gasteiger partial charge in [0.2, 0.25) is 0 Å². The Balaban J connectivity index is 0.00000400. The molecule has 0 N–H and O–H groups in total. The molecule has 4 aromatic heterocycles. The fourth-order valence-electron chi connectivity index (χ4n) is 3.75. The molecule has 0 unspecified atom stereocenters. The van der Waals surface area contributed by atoms with Crippen LogP contribution < -0.4 is 9.47 Å². The summed E-state index contributed by atoms with van der Waals surface area (Å²) in [5.74, 6) is 2.59. The first-order valence-corrected chi connectivity index (χ1v) is 12.3. The van der Waals surface area contributed by atoms with Gasteiger partial charge in [0.25, 0.3) is 0 Å². The van der Waals surface area contributed by atoms with Gasteiger partial charge in [0.15, 0.2) is 0 Å². The molecule has 204 valence electrons. The van der Waals surface area contributed by atoms with Gasteiger partial charge in [-0.3, -0.25) is 20.2 Å². The van der Waals surface area contributed by atoms with Crippen molar-refractivity contribution in [2.45, 2.75) is 71.6 Å². The average Bonchev–Trinajstić information content (AvgIpc) is 3.53. The molecular weight excluding hydrogens is 659 g/mol. The molecule has 0 atom stereocenters. The van der Waals surface area contributed by atoms with Gasteiger partial charge in [0, 0.05) is 28.9 Å². The number of aromatic nitrogens is 6. The Morgan fingerprint density at radius 3 is 1.26 bits per heavy atom. The van der Waals surface area contributed by atoms with Crippen molar-refractivity contribution in [3.63, 3.8) is 0 Å². The largest absolute Gasteiger partial charge is 2.00 e. The Labute approximate surface area is 240 Å². The second kappa shape index (κ2) is 10.6. The number of methoxy groups -OCH3 is 2. The molecule has 0 spiro atoms. The van der Waals surface area contributed by atoms with Crippen LogP contribution in [0.4, 0.5) is 0 Å². The molecule has 4 heterocycles. The molecule has 0 aliphatic heterocycles. The van der Waals surface area contributed by atoms with Crippen LogP contribution in [0.15, 0.2) is 36.4 Å². The zero-order valence-electron chi connectivity index (χ0n) is 23.8. The molecular formula is C29H36N6O2Pt. The molecule has 0 amide bonds. The van der Waals surface area contributed by atoms with Crippen molar-refractivity contribution in [1.29, 1.82) is 0 Å². The molecule has 38 heavy (non-hydrogen) atoms. The van der Waals surface area contributed by atoms with E-state index >= 15 is 0 Å². The molecule has 0 aliphatic rings. The Kier molecular flexibility index (Phi) is 8.28. The van der Waals surface area contributed by atoms with Crippen LogP contribution in [0.25, 0.3) is 11.6 Å². The van der Waals surface area contributed by atoms with Gasteiger partial charge >= 0.3 is 21.1 Å². The monoisotopic (exact) mass is 695 g/mol. The standard InChI is InChI=1S/C29H36N6O2.Pt/c1-27(2,3)21-11-13-34(32-21)25-17-19(36-9)15-23(30-25)29(7,8)24-16-20(37-10)18-26(31-24)35-14-12-22(33-35)28(4,5)6;/h11-12,15-18H,1-10H3;/q-2;+2. The van der Waals surface area contributed by atoms with Crippen LogP contribution in [0.3, 0.4) is 0 Å². The molecule has 0 fully saturated rings. The quantitative estimate of drug-likeness (QED) is 0.252. The van der Waals surface area contributed by atoms with Crippen LogP contribution in [0.5, 0.6) is 11.5 Å². The van der Waals surface area contributed by atoms with E-state index in [2.05, 4.69) is 67.8 Å². The molecule has 8 nitrogen and oxygen atoms in total. The van der Waals surface area contributed by atoms with Crippen molar-refractivity contribution in [3.05, 3.63) is 71.6 Å². The Hall–Kier alpha value is -2.99. The first-order valence-electron chi connectivity index (χ1n) is 12.3. The van der Waals surface area contributed by atoms with Crippen LogP contribution in [-0.2, 0) is 37.3 Å². The molecule has 0 radical (unpaired) electrons. The number of ether oxygens (including phenoxy) is 2. The van der Waals surface area contributed by atoms with Gasteiger partial charge in [-0.1, -0.05) is 53.9 Å². The van der Waals surface area contributed by atoms with Crippen molar-refractivity contribution >= 4 is 0 Å². The summed E-state index contributed by atoms with van der Waals surface area (Å²) in [5.41, 5.74) is 2.61. The fraction of sp³-hybridized carbons (Fsp3) is 0.448. The molecule has 4 rings (SSSR count). The van der Waals surface area contributed by atoms with Crippen LogP contribution >= 0.6 is 0 Å². The van der Waals surface area contributed by atoms with Gasteiger partial charge in [-0.25, -0.2) is 0 Å². The number of hydrogen-bond donors (Lipinski definition) is 0. The summed E-state index contributed by atoms with van der Waals surface area (Å²) >= 11 is 0. The van der Waals surface area contributed by atoms with Gasteiger partial charge < -0.3 is 18.8 Å². The number of nitrogens with zero attached hydrogens (tertiary/aromatic N) is 6. The van der Waals surface area contributed by atoms with E-state index < -0.39 is 5.41 Å². The summed E-state index contributed by atoms with van der Waals surface area (Å²) in [4.78, 5) is 9.94. The smallest absolute Gasteiger partial charge is 0.498 e. The molecule has 4 aromatic rings. The SMILES string of the molecule is COc1cc(-n2[c-]cc(C(C)(C)C)n2)nc(C(C)(C)c2cc(OC)cc(-n3[c-]cc(C(C)(C)C)n3)n2)c1.[Pt+2]. The Bertz CT molecular complexity index is 1300. The minimum absolute atomic E-state index is 0. The minimum Gasteiger partial charge on any atom is -0.498 e. The summed E-state index contributed by atoms with van der Waals surface area (Å²) in [6, 6.07) is 11.4. The van der Waals surface area contributed by atoms with E-state index in [1.165, 1.54) is 0 Å². The third-order valence-corrected chi connectivity index (χ3v) is 6.36. The van der Waals surface area contributed by atoms with Crippen LogP contribution in [0.2, 0.25) is 0 Å². The fourth-order valence-corrected chi connectivity index (χ4v) is 3.75. The molecule has 0 saturated heterocycles. The molecule has 0 aromatic carbocycles. The van der Waals surface area contributed by atoms with Gasteiger partial charge in [-0.05, 0) is 48.2 Å². The van der Waals surface area contributed by atoms with E-state index in [-0.39, 0.29) is 31.9 Å². The summed E-state index contributed by atoms with van der Waals surface area (Å²) in [6.45, 7) is 16.9. The molecule has 0 aliphatic carbocycles. The van der Waals surface area contributed by atoms with Crippen molar-refractivity contribution < 1.29 is 30.5 Å². The Morgan fingerprint density at radius 2 is 0.974 bits per heavy atom. The topological polar surface area (TPSA) is 79.9 Å². The van der Waals surface area contributed by atoms with Crippen LogP contribution in [-0.4, -0.2) is 43.7 Å². The van der Waals surface area contributed by atoms with E-state index in [0.717, 1.165) is 22.8 Å². The van der Waals surface area contributed by atoms with Gasteiger partial charge in [-0.15, -0.1) is 12.1 Å². The number of hydrogen-bond acceptors (Lipinski definition) is 6. The van der Waals surface area contributed by atoms with Crippen molar-refractivity contribution in [3.8, 4) is 23.1 Å². The van der Waals surface area contributed by atoms with Crippen LogP contribution in [0.1, 0.15) is 78.2 Å². The first-order chi connectivity index (χ1) is 17.2. The Morgan fingerprint density at radius 1 is 0.605 bits per heavy atom. The van der Waals surface area contributed by atoms with E-state index in [4.69, 9.17) is 29.6 Å². The van der Waals surface area contributed by atoms with Gasteiger partial charge in [0.05, 0.1) is 25.9 Å². The zero-order valence-corrected chi connectivity index (χ0v) is 26.1. The van der Waals surface area contributed by atoms with Crippen molar-refractivity contribution in [1.82, 2.24) is 29.5 Å². The van der Waals surface area contributed by atoms with E-state index in [0.29, 0.717) is 23.1 Å². The van der Waals surface area contributed by atoms with E-state index in [9.17, 15) is 0 Å². The summed E-state index contributed by atoms with van der Waals surface area (Å²) in [6.07, 6.45) is 6.40. The third kappa shape index (κ3) is 6.01. The number of rotatable bonds is 6. The summed E-state index contributed by atoms with van der Waals surface area (Å²) in [5, 5.41) is 9.44. The molecule has 9 heteroatoms. The number of pyridine rings is 2. The van der Waals surface area contributed by atoms with Crippen molar-refractivity contribution in [2.75, 3.05) is 14.2 Å². The predicted molar refractivity (Wildman–Crippen MR) is 143 cm³/mol. The third-order valence-electron chi connectivity index (χ3n) is 6.36. The van der Waals surface area contributed by atoms with E-state index in [1.807, 2.05) is 36.4 Å². The maximum atomic E-state index is 5.64. The summed E-state index contributed by atoms with van der Waals surface area (Å²) < 4.78 is 14.6. The molecule has 0 saturated carbocycles.